The smallest absolute Gasteiger partial charge is 0.408 e. The highest BCUT2D eigenvalue weighted by Crippen LogP contribution is 2.35. The van der Waals surface area contributed by atoms with Crippen LogP contribution in [0.3, 0.4) is 0 Å². The van der Waals surface area contributed by atoms with E-state index < -0.39 is 23.6 Å². The van der Waals surface area contributed by atoms with E-state index in [1.165, 1.54) is 6.20 Å². The molecule has 0 unspecified atom stereocenters. The largest absolute Gasteiger partial charge is 0.457 e. The highest BCUT2D eigenvalue weighted by atomic mass is 16.6. The predicted molar refractivity (Wildman–Crippen MR) is 191 cm³/mol. The standard InChI is InChI=1S/C37H41N7O5/c1-23-12-14-24(15-13-23)44-32(21-30(43-44)36(2,3)4)42-34(46)40-28-16-17-29(27-11-9-8-10-26(27)28)48-25-18-19-38-31(20-25)41-33(45)22-39-35(47)49-37(5,6)7/h8-21H,22H2,1-7H3,(H,39,47)(H,38,41,45)(H2,40,42,46). The summed E-state index contributed by atoms with van der Waals surface area (Å²) in [5.41, 5.74) is 2.47. The topological polar surface area (TPSA) is 148 Å². The van der Waals surface area contributed by atoms with Crippen LogP contribution in [0.2, 0.25) is 0 Å². The van der Waals surface area contributed by atoms with Crippen molar-refractivity contribution in [3.63, 3.8) is 0 Å². The fourth-order valence-corrected chi connectivity index (χ4v) is 4.78. The summed E-state index contributed by atoms with van der Waals surface area (Å²) < 4.78 is 13.1. The third-order valence-electron chi connectivity index (χ3n) is 7.15. The molecule has 49 heavy (non-hydrogen) atoms. The van der Waals surface area contributed by atoms with Crippen molar-refractivity contribution in [2.75, 3.05) is 22.5 Å². The molecular formula is C37H41N7O5. The van der Waals surface area contributed by atoms with Crippen LogP contribution in [0.5, 0.6) is 11.5 Å². The van der Waals surface area contributed by atoms with Crippen molar-refractivity contribution < 1.29 is 23.9 Å². The van der Waals surface area contributed by atoms with Gasteiger partial charge in [-0.25, -0.2) is 19.3 Å². The minimum Gasteiger partial charge on any atom is -0.457 e. The maximum absolute atomic E-state index is 13.4. The Kier molecular flexibility index (Phi) is 9.88. The number of aromatic nitrogens is 3. The number of carbonyl (C=O) groups excluding carboxylic acids is 3. The van der Waals surface area contributed by atoms with Gasteiger partial charge >= 0.3 is 12.1 Å². The number of urea groups is 1. The fraction of sp³-hybridized carbons (Fsp3) is 0.270. The molecule has 0 saturated carbocycles. The van der Waals surface area contributed by atoms with Gasteiger partial charge in [0.15, 0.2) is 0 Å². The van der Waals surface area contributed by atoms with E-state index in [0.717, 1.165) is 27.7 Å². The Balaban J connectivity index is 1.30. The monoisotopic (exact) mass is 663 g/mol. The van der Waals surface area contributed by atoms with E-state index in [4.69, 9.17) is 14.6 Å². The van der Waals surface area contributed by atoms with Crippen LogP contribution in [0.1, 0.15) is 52.8 Å². The van der Waals surface area contributed by atoms with Crippen LogP contribution in [0.4, 0.5) is 26.9 Å². The van der Waals surface area contributed by atoms with Crippen LogP contribution in [0.25, 0.3) is 16.5 Å². The van der Waals surface area contributed by atoms with Gasteiger partial charge in [0.25, 0.3) is 0 Å². The van der Waals surface area contributed by atoms with Crippen LogP contribution in [-0.2, 0) is 14.9 Å². The molecule has 0 aliphatic heterocycles. The van der Waals surface area contributed by atoms with Crippen molar-refractivity contribution in [3.05, 3.63) is 96.3 Å². The average Bonchev–Trinajstić information content (AvgIpc) is 3.45. The first-order valence-electron chi connectivity index (χ1n) is 15.8. The molecular weight excluding hydrogens is 622 g/mol. The lowest BCUT2D eigenvalue weighted by Crippen LogP contribution is -2.37. The number of carbonyl (C=O) groups is 3. The Morgan fingerprint density at radius 3 is 2.22 bits per heavy atom. The van der Waals surface area contributed by atoms with Gasteiger partial charge in [0.05, 0.1) is 17.1 Å². The molecule has 0 fully saturated rings. The third-order valence-corrected chi connectivity index (χ3v) is 7.15. The Bertz CT molecular complexity index is 1990. The lowest BCUT2D eigenvalue weighted by molar-refractivity contribution is -0.115. The van der Waals surface area contributed by atoms with E-state index in [2.05, 4.69) is 47.0 Å². The van der Waals surface area contributed by atoms with E-state index in [-0.39, 0.29) is 17.8 Å². The van der Waals surface area contributed by atoms with Gasteiger partial charge in [0.1, 0.15) is 35.3 Å². The number of amides is 4. The van der Waals surface area contributed by atoms with Crippen molar-refractivity contribution in [1.82, 2.24) is 20.1 Å². The van der Waals surface area contributed by atoms with E-state index in [1.807, 2.05) is 61.5 Å². The zero-order valence-electron chi connectivity index (χ0n) is 28.7. The van der Waals surface area contributed by atoms with Crippen LogP contribution < -0.4 is 26.0 Å². The normalized spacial score (nSPS) is 11.5. The molecule has 3 aromatic carbocycles. The summed E-state index contributed by atoms with van der Waals surface area (Å²) >= 11 is 0. The van der Waals surface area contributed by atoms with Gasteiger partial charge in [-0.1, -0.05) is 62.7 Å². The van der Waals surface area contributed by atoms with Gasteiger partial charge in [0.2, 0.25) is 5.91 Å². The van der Waals surface area contributed by atoms with Crippen molar-refractivity contribution in [2.45, 2.75) is 59.5 Å². The molecule has 0 radical (unpaired) electrons. The third kappa shape index (κ3) is 9.13. The van der Waals surface area contributed by atoms with Crippen LogP contribution in [-0.4, -0.2) is 44.9 Å². The van der Waals surface area contributed by atoms with Crippen LogP contribution in [0.15, 0.2) is 85.1 Å². The first-order chi connectivity index (χ1) is 23.1. The molecule has 2 heterocycles. The number of pyridine rings is 1. The van der Waals surface area contributed by atoms with Gasteiger partial charge in [-0.15, -0.1) is 0 Å². The first-order valence-corrected chi connectivity index (χ1v) is 15.8. The highest BCUT2D eigenvalue weighted by molar-refractivity contribution is 6.07. The van der Waals surface area contributed by atoms with Gasteiger partial charge in [-0.05, 0) is 58.0 Å². The fourth-order valence-electron chi connectivity index (χ4n) is 4.78. The molecule has 4 N–H and O–H groups in total. The minimum absolute atomic E-state index is 0.227. The molecule has 4 amide bonds. The Labute approximate surface area is 285 Å². The summed E-state index contributed by atoms with van der Waals surface area (Å²) in [6, 6.07) is 23.7. The Hall–Kier alpha value is -5.91. The molecule has 0 aliphatic carbocycles. The second-order valence-electron chi connectivity index (χ2n) is 13.5. The van der Waals surface area contributed by atoms with E-state index >= 15 is 0 Å². The number of hydrogen-bond donors (Lipinski definition) is 4. The van der Waals surface area contributed by atoms with Gasteiger partial charge in [-0.3, -0.25) is 10.1 Å². The molecule has 5 rings (SSSR count). The molecule has 5 aromatic rings. The summed E-state index contributed by atoms with van der Waals surface area (Å²) in [5, 5.41) is 17.3. The summed E-state index contributed by atoms with van der Waals surface area (Å²) in [5.74, 6) is 1.26. The van der Waals surface area contributed by atoms with E-state index in [1.54, 1.807) is 49.7 Å². The number of rotatable bonds is 8. The number of ether oxygens (including phenoxy) is 2. The lowest BCUT2D eigenvalue weighted by atomic mass is 9.92. The minimum atomic E-state index is -0.696. The summed E-state index contributed by atoms with van der Waals surface area (Å²) in [6.45, 7) is 13.2. The molecule has 12 nitrogen and oxygen atoms in total. The molecule has 0 bridgehead atoms. The molecule has 0 saturated heterocycles. The SMILES string of the molecule is Cc1ccc(-n2nc(C(C)(C)C)cc2NC(=O)Nc2ccc(Oc3ccnc(NC(=O)CNC(=O)OC(C)(C)C)c3)c3ccccc23)cc1. The van der Waals surface area contributed by atoms with E-state index in [0.29, 0.717) is 23.0 Å². The number of anilines is 3. The second-order valence-corrected chi connectivity index (χ2v) is 13.5. The Morgan fingerprint density at radius 2 is 1.53 bits per heavy atom. The summed E-state index contributed by atoms with van der Waals surface area (Å²) in [6.07, 6.45) is 0.805. The van der Waals surface area contributed by atoms with Crippen molar-refractivity contribution >= 4 is 46.1 Å². The number of aryl methyl sites for hydroxylation is 1. The molecule has 2 aromatic heterocycles. The van der Waals surface area contributed by atoms with Crippen LogP contribution >= 0.6 is 0 Å². The lowest BCUT2D eigenvalue weighted by Gasteiger charge is -2.19. The zero-order valence-corrected chi connectivity index (χ0v) is 28.7. The molecule has 12 heteroatoms. The number of alkyl carbamates (subject to hydrolysis) is 1. The summed E-state index contributed by atoms with van der Waals surface area (Å²) in [4.78, 5) is 41.9. The molecule has 254 valence electrons. The predicted octanol–water partition coefficient (Wildman–Crippen LogP) is 7.93. The number of hydrogen-bond acceptors (Lipinski definition) is 7. The number of fused-ring (bicyclic) bond motifs is 1. The van der Waals surface area contributed by atoms with Crippen LogP contribution in [0, 0.1) is 6.92 Å². The maximum Gasteiger partial charge on any atom is 0.408 e. The molecule has 0 spiro atoms. The Morgan fingerprint density at radius 1 is 0.816 bits per heavy atom. The molecule has 0 atom stereocenters. The highest BCUT2D eigenvalue weighted by Gasteiger charge is 2.22. The van der Waals surface area contributed by atoms with Crippen molar-refractivity contribution in [2.24, 2.45) is 0 Å². The number of nitrogens with one attached hydrogen (secondary N) is 4. The number of benzene rings is 3. The second kappa shape index (κ2) is 14.1. The molecule has 0 aliphatic rings. The first kappa shape index (κ1) is 34.4. The zero-order chi connectivity index (χ0) is 35.3. The summed E-state index contributed by atoms with van der Waals surface area (Å²) in [7, 11) is 0. The average molecular weight is 664 g/mol. The van der Waals surface area contributed by atoms with Gasteiger partial charge < -0.3 is 25.4 Å². The van der Waals surface area contributed by atoms with Gasteiger partial charge in [-0.2, -0.15) is 5.10 Å². The number of nitrogens with zero attached hydrogens (tertiary/aromatic N) is 3. The van der Waals surface area contributed by atoms with Crippen molar-refractivity contribution in [1.29, 1.82) is 0 Å². The quantitative estimate of drug-likeness (QED) is 0.132. The van der Waals surface area contributed by atoms with E-state index in [9.17, 15) is 14.4 Å². The maximum atomic E-state index is 13.4. The van der Waals surface area contributed by atoms with Crippen molar-refractivity contribution in [3.8, 4) is 17.2 Å². The van der Waals surface area contributed by atoms with Gasteiger partial charge in [0, 0.05) is 34.5 Å².